The van der Waals surface area contributed by atoms with Gasteiger partial charge in [0.15, 0.2) is 0 Å². The SMILES string of the molecule is CNc1ccc(COC(=O)Nc2ccc(CN)cc2)cc1. The van der Waals surface area contributed by atoms with E-state index in [2.05, 4.69) is 10.6 Å². The van der Waals surface area contributed by atoms with Crippen LogP contribution in [0.1, 0.15) is 11.1 Å². The van der Waals surface area contributed by atoms with E-state index in [4.69, 9.17) is 10.5 Å². The second-order valence-electron chi connectivity index (χ2n) is 4.55. The molecule has 2 rings (SSSR count). The van der Waals surface area contributed by atoms with E-state index < -0.39 is 6.09 Å². The van der Waals surface area contributed by atoms with Gasteiger partial charge in [0.1, 0.15) is 6.61 Å². The number of benzene rings is 2. The van der Waals surface area contributed by atoms with Gasteiger partial charge in [-0.15, -0.1) is 0 Å². The minimum absolute atomic E-state index is 0.233. The van der Waals surface area contributed by atoms with Crippen LogP contribution in [0.4, 0.5) is 16.2 Å². The van der Waals surface area contributed by atoms with Crippen LogP contribution in [-0.4, -0.2) is 13.1 Å². The van der Waals surface area contributed by atoms with Crippen molar-refractivity contribution in [1.29, 1.82) is 0 Å². The smallest absolute Gasteiger partial charge is 0.411 e. The summed E-state index contributed by atoms with van der Waals surface area (Å²) in [5.74, 6) is 0. The van der Waals surface area contributed by atoms with Crippen LogP contribution in [0.15, 0.2) is 48.5 Å². The van der Waals surface area contributed by atoms with Crippen molar-refractivity contribution in [2.75, 3.05) is 17.7 Å². The molecule has 1 amide bonds. The maximum absolute atomic E-state index is 11.7. The number of hydrogen-bond acceptors (Lipinski definition) is 4. The average Bonchev–Trinajstić information content (AvgIpc) is 2.54. The van der Waals surface area contributed by atoms with Gasteiger partial charge >= 0.3 is 6.09 Å². The van der Waals surface area contributed by atoms with Gasteiger partial charge in [0.05, 0.1) is 0 Å². The Morgan fingerprint density at radius 3 is 2.14 bits per heavy atom. The Bertz CT molecular complexity index is 579. The minimum atomic E-state index is -0.479. The maximum atomic E-state index is 11.7. The summed E-state index contributed by atoms with van der Waals surface area (Å²) in [5.41, 5.74) is 9.16. The van der Waals surface area contributed by atoms with Gasteiger partial charge in [-0.2, -0.15) is 0 Å². The molecule has 0 aliphatic rings. The molecule has 21 heavy (non-hydrogen) atoms. The molecule has 0 saturated carbocycles. The predicted molar refractivity (Wildman–Crippen MR) is 84.1 cm³/mol. The molecule has 5 heteroatoms. The number of rotatable bonds is 5. The molecule has 0 aromatic heterocycles. The molecule has 0 saturated heterocycles. The Morgan fingerprint density at radius 1 is 1.00 bits per heavy atom. The zero-order chi connectivity index (χ0) is 15.1. The highest BCUT2D eigenvalue weighted by atomic mass is 16.5. The predicted octanol–water partition coefficient (Wildman–Crippen LogP) is 2.94. The third-order valence-corrected chi connectivity index (χ3v) is 3.05. The number of hydrogen-bond donors (Lipinski definition) is 3. The molecule has 0 aliphatic heterocycles. The van der Waals surface area contributed by atoms with E-state index in [1.165, 1.54) is 0 Å². The zero-order valence-corrected chi connectivity index (χ0v) is 11.9. The molecule has 2 aromatic carbocycles. The lowest BCUT2D eigenvalue weighted by Crippen LogP contribution is -2.13. The molecule has 0 unspecified atom stereocenters. The van der Waals surface area contributed by atoms with Crippen molar-refractivity contribution in [3.05, 3.63) is 59.7 Å². The normalized spacial score (nSPS) is 10.0. The zero-order valence-electron chi connectivity index (χ0n) is 11.9. The number of amides is 1. The molecule has 0 atom stereocenters. The van der Waals surface area contributed by atoms with Gasteiger partial charge < -0.3 is 15.8 Å². The third kappa shape index (κ3) is 4.50. The summed E-state index contributed by atoms with van der Waals surface area (Å²) in [4.78, 5) is 11.7. The van der Waals surface area contributed by atoms with E-state index >= 15 is 0 Å². The maximum Gasteiger partial charge on any atom is 0.411 e. The molecule has 0 radical (unpaired) electrons. The lowest BCUT2D eigenvalue weighted by Gasteiger charge is -2.08. The number of nitrogens with two attached hydrogens (primary N) is 1. The van der Waals surface area contributed by atoms with Crippen molar-refractivity contribution in [2.45, 2.75) is 13.2 Å². The molecular formula is C16H19N3O2. The fourth-order valence-corrected chi connectivity index (χ4v) is 1.79. The minimum Gasteiger partial charge on any atom is -0.444 e. The van der Waals surface area contributed by atoms with Crippen molar-refractivity contribution in [3.8, 4) is 0 Å². The molecule has 0 bridgehead atoms. The van der Waals surface area contributed by atoms with Crippen LogP contribution in [0.5, 0.6) is 0 Å². The van der Waals surface area contributed by atoms with E-state index in [-0.39, 0.29) is 6.61 Å². The number of carbonyl (C=O) groups is 1. The van der Waals surface area contributed by atoms with E-state index in [9.17, 15) is 4.79 Å². The molecule has 0 aliphatic carbocycles. The van der Waals surface area contributed by atoms with Gasteiger partial charge in [-0.3, -0.25) is 5.32 Å². The lowest BCUT2D eigenvalue weighted by atomic mass is 10.2. The summed E-state index contributed by atoms with van der Waals surface area (Å²) in [5, 5.41) is 5.70. The highest BCUT2D eigenvalue weighted by Crippen LogP contribution is 2.11. The molecule has 0 heterocycles. The van der Waals surface area contributed by atoms with Gasteiger partial charge in [0.25, 0.3) is 0 Å². The van der Waals surface area contributed by atoms with Crippen LogP contribution in [-0.2, 0) is 17.9 Å². The third-order valence-electron chi connectivity index (χ3n) is 3.05. The Morgan fingerprint density at radius 2 is 1.57 bits per heavy atom. The van der Waals surface area contributed by atoms with Gasteiger partial charge in [-0.1, -0.05) is 24.3 Å². The Labute approximate surface area is 124 Å². The number of carbonyl (C=O) groups excluding carboxylic acids is 1. The molecule has 110 valence electrons. The molecule has 4 N–H and O–H groups in total. The van der Waals surface area contributed by atoms with Crippen LogP contribution in [0.3, 0.4) is 0 Å². The monoisotopic (exact) mass is 285 g/mol. The summed E-state index contributed by atoms with van der Waals surface area (Å²) >= 11 is 0. The first-order chi connectivity index (χ1) is 10.2. The van der Waals surface area contributed by atoms with Crippen molar-refractivity contribution < 1.29 is 9.53 Å². The van der Waals surface area contributed by atoms with Crippen LogP contribution in [0.2, 0.25) is 0 Å². The van der Waals surface area contributed by atoms with E-state index in [0.717, 1.165) is 16.8 Å². The standard InChI is InChI=1S/C16H19N3O2/c1-18-14-6-4-13(5-7-14)11-21-16(20)19-15-8-2-12(10-17)3-9-15/h2-9,18H,10-11,17H2,1H3,(H,19,20). The first kappa shape index (κ1) is 14.9. The summed E-state index contributed by atoms with van der Waals surface area (Å²) < 4.78 is 5.17. The summed E-state index contributed by atoms with van der Waals surface area (Å²) in [6, 6.07) is 15.0. The van der Waals surface area contributed by atoms with Crippen LogP contribution in [0, 0.1) is 0 Å². The number of nitrogens with one attached hydrogen (secondary N) is 2. The van der Waals surface area contributed by atoms with Crippen LogP contribution >= 0.6 is 0 Å². The first-order valence-corrected chi connectivity index (χ1v) is 6.71. The van der Waals surface area contributed by atoms with Crippen LogP contribution < -0.4 is 16.4 Å². The van der Waals surface area contributed by atoms with Crippen molar-refractivity contribution in [2.24, 2.45) is 5.73 Å². The Kier molecular flexibility index (Phi) is 5.17. The quantitative estimate of drug-likeness (QED) is 0.789. The number of anilines is 2. The fraction of sp³-hybridized carbons (Fsp3) is 0.188. The highest BCUT2D eigenvalue weighted by Gasteiger charge is 2.04. The molecular weight excluding hydrogens is 266 g/mol. The van der Waals surface area contributed by atoms with Gasteiger partial charge in [0.2, 0.25) is 0 Å². The van der Waals surface area contributed by atoms with Gasteiger partial charge in [-0.05, 0) is 35.4 Å². The van der Waals surface area contributed by atoms with Crippen LogP contribution in [0.25, 0.3) is 0 Å². The van der Waals surface area contributed by atoms with Crippen molar-refractivity contribution in [3.63, 3.8) is 0 Å². The van der Waals surface area contributed by atoms with E-state index in [1.807, 2.05) is 43.4 Å². The average molecular weight is 285 g/mol. The summed E-state index contributed by atoms with van der Waals surface area (Å²) in [7, 11) is 1.86. The van der Waals surface area contributed by atoms with Gasteiger partial charge in [0, 0.05) is 25.0 Å². The first-order valence-electron chi connectivity index (χ1n) is 6.71. The number of ether oxygens (including phenoxy) is 1. The Hall–Kier alpha value is -2.53. The topological polar surface area (TPSA) is 76.4 Å². The Balaban J connectivity index is 1.83. The molecule has 0 spiro atoms. The highest BCUT2D eigenvalue weighted by molar-refractivity contribution is 5.84. The fourth-order valence-electron chi connectivity index (χ4n) is 1.79. The van der Waals surface area contributed by atoms with Crippen molar-refractivity contribution in [1.82, 2.24) is 0 Å². The van der Waals surface area contributed by atoms with Gasteiger partial charge in [-0.25, -0.2) is 4.79 Å². The van der Waals surface area contributed by atoms with Crippen molar-refractivity contribution >= 4 is 17.5 Å². The summed E-state index contributed by atoms with van der Waals surface area (Å²) in [6.45, 7) is 0.712. The molecule has 0 fully saturated rings. The van der Waals surface area contributed by atoms with E-state index in [1.54, 1.807) is 12.1 Å². The summed E-state index contributed by atoms with van der Waals surface area (Å²) in [6.07, 6.45) is -0.479. The molecule has 5 nitrogen and oxygen atoms in total. The largest absolute Gasteiger partial charge is 0.444 e. The van der Waals surface area contributed by atoms with E-state index in [0.29, 0.717) is 12.2 Å². The lowest BCUT2D eigenvalue weighted by molar-refractivity contribution is 0.155. The molecule has 2 aromatic rings. The second kappa shape index (κ2) is 7.31. The second-order valence-corrected chi connectivity index (χ2v) is 4.55.